The summed E-state index contributed by atoms with van der Waals surface area (Å²) in [6.07, 6.45) is 1.43. The van der Waals surface area contributed by atoms with Gasteiger partial charge in [0.2, 0.25) is 5.91 Å². The van der Waals surface area contributed by atoms with Crippen molar-refractivity contribution in [3.8, 4) is 0 Å². The van der Waals surface area contributed by atoms with Crippen LogP contribution in [0, 0.1) is 0 Å². The van der Waals surface area contributed by atoms with Crippen LogP contribution >= 0.6 is 0 Å². The summed E-state index contributed by atoms with van der Waals surface area (Å²) in [7, 11) is 0. The topological polar surface area (TPSA) is 61.4 Å². The summed E-state index contributed by atoms with van der Waals surface area (Å²) in [6.45, 7) is 1.72. The fourth-order valence-electron chi connectivity index (χ4n) is 1.28. The van der Waals surface area contributed by atoms with Crippen molar-refractivity contribution in [2.45, 2.75) is 32.3 Å². The number of hydrazine groups is 1. The molecule has 0 fully saturated rings. The van der Waals surface area contributed by atoms with Gasteiger partial charge in [-0.3, -0.25) is 15.6 Å². The molecule has 1 aromatic rings. The minimum atomic E-state index is -0.338. The molecule has 0 spiro atoms. The van der Waals surface area contributed by atoms with Gasteiger partial charge in [0, 0.05) is 6.42 Å². The number of anilines is 1. The van der Waals surface area contributed by atoms with E-state index in [0.29, 0.717) is 19.3 Å². The zero-order valence-corrected chi connectivity index (χ0v) is 9.44. The molecular weight excluding hydrogens is 204 g/mol. The SMILES string of the molecule is C[C@@H](O)CCCC(=O)NNc1ccccc1. The minimum absolute atomic E-state index is 0.0653. The van der Waals surface area contributed by atoms with Crippen LogP contribution in [0.15, 0.2) is 30.3 Å². The maximum Gasteiger partial charge on any atom is 0.238 e. The van der Waals surface area contributed by atoms with Crippen LogP contribution in [0.4, 0.5) is 5.69 Å². The Morgan fingerprint density at radius 1 is 1.38 bits per heavy atom. The fourth-order valence-corrected chi connectivity index (χ4v) is 1.28. The Labute approximate surface area is 95.6 Å². The van der Waals surface area contributed by atoms with Crippen molar-refractivity contribution < 1.29 is 9.90 Å². The molecule has 0 saturated carbocycles. The highest BCUT2D eigenvalue weighted by Gasteiger charge is 2.02. The largest absolute Gasteiger partial charge is 0.393 e. The highest BCUT2D eigenvalue weighted by atomic mass is 16.3. The summed E-state index contributed by atoms with van der Waals surface area (Å²) >= 11 is 0. The van der Waals surface area contributed by atoms with Crippen molar-refractivity contribution >= 4 is 11.6 Å². The molecule has 4 nitrogen and oxygen atoms in total. The molecule has 0 radical (unpaired) electrons. The molecule has 0 aliphatic rings. The van der Waals surface area contributed by atoms with Gasteiger partial charge in [-0.05, 0) is 31.9 Å². The van der Waals surface area contributed by atoms with E-state index in [4.69, 9.17) is 5.11 Å². The summed E-state index contributed by atoms with van der Waals surface area (Å²) < 4.78 is 0. The average Bonchev–Trinajstić information content (AvgIpc) is 2.27. The molecule has 4 heteroatoms. The zero-order valence-electron chi connectivity index (χ0n) is 9.44. The summed E-state index contributed by atoms with van der Waals surface area (Å²) in [5.74, 6) is -0.0653. The van der Waals surface area contributed by atoms with E-state index in [9.17, 15) is 4.79 Å². The van der Waals surface area contributed by atoms with Crippen LogP contribution in [-0.4, -0.2) is 17.1 Å². The number of para-hydroxylation sites is 1. The van der Waals surface area contributed by atoms with Gasteiger partial charge in [-0.25, -0.2) is 0 Å². The van der Waals surface area contributed by atoms with Gasteiger partial charge < -0.3 is 5.11 Å². The Morgan fingerprint density at radius 3 is 2.69 bits per heavy atom. The lowest BCUT2D eigenvalue weighted by molar-refractivity contribution is -0.120. The lowest BCUT2D eigenvalue weighted by Crippen LogP contribution is -2.29. The fraction of sp³-hybridized carbons (Fsp3) is 0.417. The van der Waals surface area contributed by atoms with Gasteiger partial charge in [0.15, 0.2) is 0 Å². The number of hydrogen-bond donors (Lipinski definition) is 3. The number of carbonyl (C=O) groups excluding carboxylic acids is 1. The predicted molar refractivity (Wildman–Crippen MR) is 63.7 cm³/mol. The smallest absolute Gasteiger partial charge is 0.238 e. The summed E-state index contributed by atoms with van der Waals surface area (Å²) in [5, 5.41) is 9.03. The van der Waals surface area contributed by atoms with Crippen molar-refractivity contribution in [1.29, 1.82) is 0 Å². The van der Waals surface area contributed by atoms with Gasteiger partial charge in [-0.1, -0.05) is 18.2 Å². The van der Waals surface area contributed by atoms with Crippen LogP contribution in [0.1, 0.15) is 26.2 Å². The number of hydrogen-bond acceptors (Lipinski definition) is 3. The number of carbonyl (C=O) groups is 1. The van der Waals surface area contributed by atoms with Crippen LogP contribution in [0.3, 0.4) is 0 Å². The van der Waals surface area contributed by atoms with E-state index in [0.717, 1.165) is 5.69 Å². The van der Waals surface area contributed by atoms with E-state index < -0.39 is 0 Å². The van der Waals surface area contributed by atoms with Gasteiger partial charge in [0.1, 0.15) is 0 Å². The second-order valence-electron chi connectivity index (χ2n) is 3.78. The molecule has 1 aromatic carbocycles. The first-order chi connectivity index (χ1) is 7.68. The van der Waals surface area contributed by atoms with E-state index in [1.54, 1.807) is 6.92 Å². The number of benzene rings is 1. The lowest BCUT2D eigenvalue weighted by atomic mass is 10.2. The molecule has 0 saturated heterocycles. The molecule has 88 valence electrons. The van der Waals surface area contributed by atoms with Crippen molar-refractivity contribution in [2.24, 2.45) is 0 Å². The van der Waals surface area contributed by atoms with Crippen LogP contribution in [0.2, 0.25) is 0 Å². The number of amides is 1. The first-order valence-corrected chi connectivity index (χ1v) is 5.46. The van der Waals surface area contributed by atoms with Crippen LogP contribution < -0.4 is 10.9 Å². The monoisotopic (exact) mass is 222 g/mol. The average molecular weight is 222 g/mol. The van der Waals surface area contributed by atoms with Crippen LogP contribution in [-0.2, 0) is 4.79 Å². The van der Waals surface area contributed by atoms with Crippen molar-refractivity contribution in [2.75, 3.05) is 5.43 Å². The molecule has 0 bridgehead atoms. The van der Waals surface area contributed by atoms with Crippen LogP contribution in [0.25, 0.3) is 0 Å². The highest BCUT2D eigenvalue weighted by Crippen LogP contribution is 2.03. The Morgan fingerprint density at radius 2 is 2.06 bits per heavy atom. The van der Waals surface area contributed by atoms with Gasteiger partial charge >= 0.3 is 0 Å². The molecule has 0 heterocycles. The van der Waals surface area contributed by atoms with E-state index in [1.807, 2.05) is 30.3 Å². The Balaban J connectivity index is 2.16. The third-order valence-electron chi connectivity index (χ3n) is 2.15. The number of rotatable bonds is 6. The molecule has 0 aliphatic carbocycles. The van der Waals surface area contributed by atoms with Crippen molar-refractivity contribution in [3.63, 3.8) is 0 Å². The van der Waals surface area contributed by atoms with E-state index in [-0.39, 0.29) is 12.0 Å². The maximum absolute atomic E-state index is 11.3. The summed E-state index contributed by atoms with van der Waals surface area (Å²) in [4.78, 5) is 11.3. The molecule has 1 rings (SSSR count). The highest BCUT2D eigenvalue weighted by molar-refractivity contribution is 5.77. The van der Waals surface area contributed by atoms with E-state index >= 15 is 0 Å². The predicted octanol–water partition coefficient (Wildman–Crippen LogP) is 1.68. The van der Waals surface area contributed by atoms with E-state index in [1.165, 1.54) is 0 Å². The van der Waals surface area contributed by atoms with Crippen molar-refractivity contribution in [3.05, 3.63) is 30.3 Å². The standard InChI is InChI=1S/C12H18N2O2/c1-10(15)6-5-9-12(16)14-13-11-7-3-2-4-8-11/h2-4,7-8,10,13,15H,5-6,9H2,1H3,(H,14,16)/t10-/m1/s1. The normalized spacial score (nSPS) is 11.9. The molecular formula is C12H18N2O2. The molecule has 1 atom stereocenters. The zero-order chi connectivity index (χ0) is 11.8. The van der Waals surface area contributed by atoms with Gasteiger partial charge in [-0.15, -0.1) is 0 Å². The quantitative estimate of drug-likeness (QED) is 0.642. The Hall–Kier alpha value is -1.55. The molecule has 0 aliphatic heterocycles. The van der Waals surface area contributed by atoms with Crippen molar-refractivity contribution in [1.82, 2.24) is 5.43 Å². The van der Waals surface area contributed by atoms with Gasteiger partial charge in [0.05, 0.1) is 11.8 Å². The summed E-state index contributed by atoms with van der Waals surface area (Å²) in [5.41, 5.74) is 6.28. The first kappa shape index (κ1) is 12.5. The molecule has 0 unspecified atom stereocenters. The molecule has 0 aromatic heterocycles. The van der Waals surface area contributed by atoms with E-state index in [2.05, 4.69) is 10.9 Å². The molecule has 16 heavy (non-hydrogen) atoms. The second kappa shape index (κ2) is 6.85. The third-order valence-corrected chi connectivity index (χ3v) is 2.15. The third kappa shape index (κ3) is 5.36. The number of nitrogens with one attached hydrogen (secondary N) is 2. The summed E-state index contributed by atoms with van der Waals surface area (Å²) in [6, 6.07) is 9.44. The number of aliphatic hydroxyl groups excluding tert-OH is 1. The van der Waals surface area contributed by atoms with Crippen LogP contribution in [0.5, 0.6) is 0 Å². The van der Waals surface area contributed by atoms with Gasteiger partial charge in [0.25, 0.3) is 0 Å². The molecule has 1 amide bonds. The Bertz CT molecular complexity index is 312. The lowest BCUT2D eigenvalue weighted by Gasteiger charge is -2.08. The maximum atomic E-state index is 11.3. The van der Waals surface area contributed by atoms with Gasteiger partial charge in [-0.2, -0.15) is 0 Å². The first-order valence-electron chi connectivity index (χ1n) is 5.46. The Kier molecular flexibility index (Phi) is 5.36. The number of aliphatic hydroxyl groups is 1. The molecule has 3 N–H and O–H groups in total. The second-order valence-corrected chi connectivity index (χ2v) is 3.78. The minimum Gasteiger partial charge on any atom is -0.393 e.